The Labute approximate surface area is 119 Å². The molecule has 5 heteroatoms. The van der Waals surface area contributed by atoms with Crippen LogP contribution in [0.3, 0.4) is 0 Å². The lowest BCUT2D eigenvalue weighted by Crippen LogP contribution is -2.45. The minimum absolute atomic E-state index is 0. The van der Waals surface area contributed by atoms with Crippen LogP contribution < -0.4 is 5.32 Å². The molecule has 1 atom stereocenters. The van der Waals surface area contributed by atoms with Crippen molar-refractivity contribution < 1.29 is 8.78 Å². The van der Waals surface area contributed by atoms with Crippen molar-refractivity contribution in [1.82, 2.24) is 10.2 Å². The summed E-state index contributed by atoms with van der Waals surface area (Å²) in [6.07, 6.45) is 0.433. The average Bonchev–Trinajstić information content (AvgIpc) is 2.40. The van der Waals surface area contributed by atoms with E-state index in [9.17, 15) is 8.78 Å². The fourth-order valence-corrected chi connectivity index (χ4v) is 2.47. The highest BCUT2D eigenvalue weighted by Gasteiger charge is 2.22. The largest absolute Gasteiger partial charge is 0.314 e. The van der Waals surface area contributed by atoms with Crippen molar-refractivity contribution in [3.63, 3.8) is 0 Å². The Morgan fingerprint density at radius 1 is 1.32 bits per heavy atom. The predicted octanol–water partition coefficient (Wildman–Crippen LogP) is 2.86. The van der Waals surface area contributed by atoms with Crippen molar-refractivity contribution in [2.75, 3.05) is 32.9 Å². The molecule has 0 spiro atoms. The number of aryl methyl sites for hydroxylation is 1. The first-order valence-electron chi connectivity index (χ1n) is 6.49. The molecule has 2 rings (SSSR count). The molecule has 1 heterocycles. The average molecular weight is 291 g/mol. The van der Waals surface area contributed by atoms with E-state index in [1.807, 2.05) is 6.07 Å². The van der Waals surface area contributed by atoms with Gasteiger partial charge in [0.15, 0.2) is 0 Å². The molecule has 0 saturated carbocycles. The van der Waals surface area contributed by atoms with Crippen molar-refractivity contribution in [3.8, 4) is 0 Å². The number of hydrogen-bond acceptors (Lipinski definition) is 2. The van der Waals surface area contributed by atoms with Crippen LogP contribution in [0.4, 0.5) is 8.78 Å². The van der Waals surface area contributed by atoms with E-state index >= 15 is 0 Å². The van der Waals surface area contributed by atoms with Crippen LogP contribution in [0.25, 0.3) is 0 Å². The summed E-state index contributed by atoms with van der Waals surface area (Å²) in [7, 11) is 0. The SMILES string of the molecule is Cc1ccc([C@@H](CCF)N2CCNCC2)cc1F.Cl. The van der Waals surface area contributed by atoms with Gasteiger partial charge in [0.05, 0.1) is 6.67 Å². The van der Waals surface area contributed by atoms with Crippen LogP contribution in [-0.4, -0.2) is 37.8 Å². The van der Waals surface area contributed by atoms with Crippen LogP contribution >= 0.6 is 12.4 Å². The number of nitrogens with one attached hydrogen (secondary N) is 1. The van der Waals surface area contributed by atoms with E-state index in [2.05, 4.69) is 10.2 Å². The normalized spacial score (nSPS) is 17.8. The van der Waals surface area contributed by atoms with Crippen LogP contribution in [0, 0.1) is 12.7 Å². The Kier molecular flexibility index (Phi) is 6.69. The van der Waals surface area contributed by atoms with Crippen molar-refractivity contribution in [1.29, 1.82) is 0 Å². The van der Waals surface area contributed by atoms with E-state index in [1.165, 1.54) is 0 Å². The highest BCUT2D eigenvalue weighted by molar-refractivity contribution is 5.85. The van der Waals surface area contributed by atoms with Gasteiger partial charge in [-0.1, -0.05) is 12.1 Å². The number of benzene rings is 1. The molecule has 0 aliphatic carbocycles. The summed E-state index contributed by atoms with van der Waals surface area (Å²) >= 11 is 0. The number of hydrogen-bond donors (Lipinski definition) is 1. The van der Waals surface area contributed by atoms with Crippen LogP contribution in [0.2, 0.25) is 0 Å². The Balaban J connectivity index is 0.00000180. The van der Waals surface area contributed by atoms with Gasteiger partial charge in [0, 0.05) is 32.2 Å². The second-order valence-electron chi connectivity index (χ2n) is 4.79. The van der Waals surface area contributed by atoms with Crippen molar-refractivity contribution in [3.05, 3.63) is 35.1 Å². The fraction of sp³-hybridized carbons (Fsp3) is 0.571. The zero-order chi connectivity index (χ0) is 13.0. The molecule has 0 radical (unpaired) electrons. The van der Waals surface area contributed by atoms with Crippen molar-refractivity contribution in [2.24, 2.45) is 0 Å². The maximum atomic E-state index is 13.6. The lowest BCUT2D eigenvalue weighted by molar-refractivity contribution is 0.157. The first-order chi connectivity index (χ1) is 8.72. The van der Waals surface area contributed by atoms with E-state index in [0.29, 0.717) is 12.0 Å². The van der Waals surface area contributed by atoms with E-state index < -0.39 is 0 Å². The number of nitrogens with zero attached hydrogens (tertiary/aromatic N) is 1. The molecule has 0 amide bonds. The molecule has 1 aliphatic heterocycles. The first kappa shape index (κ1) is 16.3. The molecule has 2 nitrogen and oxygen atoms in total. The highest BCUT2D eigenvalue weighted by Crippen LogP contribution is 2.26. The summed E-state index contributed by atoms with van der Waals surface area (Å²) in [6, 6.07) is 5.24. The molecule has 0 unspecified atom stereocenters. The van der Waals surface area contributed by atoms with E-state index in [-0.39, 0.29) is 30.9 Å². The van der Waals surface area contributed by atoms with Gasteiger partial charge in [0.25, 0.3) is 0 Å². The maximum absolute atomic E-state index is 13.6. The third-order valence-corrected chi connectivity index (χ3v) is 3.56. The molecule has 1 fully saturated rings. The van der Waals surface area contributed by atoms with Gasteiger partial charge in [-0.2, -0.15) is 0 Å². The third kappa shape index (κ3) is 4.13. The Morgan fingerprint density at radius 3 is 2.58 bits per heavy atom. The molecule has 1 aliphatic rings. The van der Waals surface area contributed by atoms with Gasteiger partial charge >= 0.3 is 0 Å². The second-order valence-corrected chi connectivity index (χ2v) is 4.79. The lowest BCUT2D eigenvalue weighted by atomic mass is 10.00. The van der Waals surface area contributed by atoms with E-state index in [0.717, 1.165) is 31.7 Å². The van der Waals surface area contributed by atoms with Crippen LogP contribution in [0.5, 0.6) is 0 Å². The van der Waals surface area contributed by atoms with Gasteiger partial charge in [-0.3, -0.25) is 9.29 Å². The number of halogens is 3. The summed E-state index contributed by atoms with van der Waals surface area (Å²) in [5.41, 5.74) is 1.52. The van der Waals surface area contributed by atoms with Crippen LogP contribution in [0.1, 0.15) is 23.6 Å². The summed E-state index contributed by atoms with van der Waals surface area (Å²) in [6.45, 7) is 4.98. The standard InChI is InChI=1S/C14H20F2N2.ClH/c1-11-2-3-12(10-13(11)16)14(4-5-15)18-8-6-17-7-9-18;/h2-3,10,14,17H,4-9H2,1H3;1H/t14-;/m1./s1. The zero-order valence-electron chi connectivity index (χ0n) is 11.2. The topological polar surface area (TPSA) is 15.3 Å². The summed E-state index contributed by atoms with van der Waals surface area (Å²) in [5.74, 6) is -0.202. The first-order valence-corrected chi connectivity index (χ1v) is 6.49. The van der Waals surface area contributed by atoms with Crippen molar-refractivity contribution >= 4 is 12.4 Å². The molecule has 1 aromatic carbocycles. The fourth-order valence-electron chi connectivity index (χ4n) is 2.47. The second kappa shape index (κ2) is 7.78. The molecule has 108 valence electrons. The number of alkyl halides is 1. The van der Waals surface area contributed by atoms with Gasteiger partial charge in [-0.15, -0.1) is 12.4 Å². The summed E-state index contributed by atoms with van der Waals surface area (Å²) in [4.78, 5) is 2.24. The van der Waals surface area contributed by atoms with Crippen molar-refractivity contribution in [2.45, 2.75) is 19.4 Å². The number of piperazine rings is 1. The Hall–Kier alpha value is -0.710. The Morgan fingerprint density at radius 2 is 2.00 bits per heavy atom. The predicted molar refractivity (Wildman–Crippen MR) is 76.2 cm³/mol. The molecule has 19 heavy (non-hydrogen) atoms. The highest BCUT2D eigenvalue weighted by atomic mass is 35.5. The van der Waals surface area contributed by atoms with Crippen LogP contribution in [-0.2, 0) is 0 Å². The molecule has 1 aromatic rings. The van der Waals surface area contributed by atoms with Crippen LogP contribution in [0.15, 0.2) is 18.2 Å². The molecular formula is C14H21ClF2N2. The minimum atomic E-state index is -0.371. The van der Waals surface area contributed by atoms with Gasteiger partial charge < -0.3 is 5.32 Å². The van der Waals surface area contributed by atoms with E-state index in [1.54, 1.807) is 19.1 Å². The minimum Gasteiger partial charge on any atom is -0.314 e. The molecular weight excluding hydrogens is 270 g/mol. The quantitative estimate of drug-likeness (QED) is 0.917. The summed E-state index contributed by atoms with van der Waals surface area (Å²) in [5, 5.41) is 3.27. The number of rotatable bonds is 4. The molecule has 1 saturated heterocycles. The Bertz CT molecular complexity index is 395. The molecule has 0 bridgehead atoms. The summed E-state index contributed by atoms with van der Waals surface area (Å²) < 4.78 is 26.4. The van der Waals surface area contributed by atoms with Gasteiger partial charge in [0.2, 0.25) is 0 Å². The molecule has 0 aromatic heterocycles. The smallest absolute Gasteiger partial charge is 0.126 e. The third-order valence-electron chi connectivity index (χ3n) is 3.56. The van der Waals surface area contributed by atoms with Gasteiger partial charge in [0.1, 0.15) is 5.82 Å². The van der Waals surface area contributed by atoms with Gasteiger partial charge in [-0.25, -0.2) is 4.39 Å². The molecule has 1 N–H and O–H groups in total. The zero-order valence-corrected chi connectivity index (χ0v) is 12.0. The van der Waals surface area contributed by atoms with Gasteiger partial charge in [-0.05, 0) is 30.5 Å². The maximum Gasteiger partial charge on any atom is 0.126 e. The lowest BCUT2D eigenvalue weighted by Gasteiger charge is -2.35. The monoisotopic (exact) mass is 290 g/mol. The van der Waals surface area contributed by atoms with E-state index in [4.69, 9.17) is 0 Å².